The minimum absolute atomic E-state index is 0.167. The van der Waals surface area contributed by atoms with Gasteiger partial charge >= 0.3 is 5.97 Å². The van der Waals surface area contributed by atoms with E-state index in [4.69, 9.17) is 5.14 Å². The van der Waals surface area contributed by atoms with Crippen LogP contribution in [0.5, 0.6) is 0 Å². The number of carboxylic acids is 1. The van der Waals surface area contributed by atoms with Gasteiger partial charge in [-0.3, -0.25) is 0 Å². The number of nitrogens with two attached hydrogens (primary N) is 1. The standard InChI is InChI=1S/C13H11IN2O4S/c14-8-1-3-9(4-2-8)16-12-6-5-10(21(15,19)20)7-11(12)13(17)18/h1-7,16H,(H,17,18)(H2,15,19,20). The minimum Gasteiger partial charge on any atom is -0.478 e. The first-order valence-corrected chi connectivity index (χ1v) is 8.32. The average molecular weight is 418 g/mol. The van der Waals surface area contributed by atoms with Crippen LogP contribution >= 0.6 is 22.6 Å². The molecular formula is C13H11IN2O4S. The van der Waals surface area contributed by atoms with Crippen LogP contribution in [0, 0.1) is 3.57 Å². The van der Waals surface area contributed by atoms with Gasteiger partial charge in [0.1, 0.15) is 0 Å². The lowest BCUT2D eigenvalue weighted by Gasteiger charge is -2.11. The Balaban J connectivity index is 2.44. The number of aromatic carboxylic acids is 1. The van der Waals surface area contributed by atoms with Crippen LogP contribution in [0.2, 0.25) is 0 Å². The molecule has 2 aromatic carbocycles. The summed E-state index contributed by atoms with van der Waals surface area (Å²) >= 11 is 2.16. The molecule has 4 N–H and O–H groups in total. The van der Waals surface area contributed by atoms with Crippen LogP contribution in [0.4, 0.5) is 11.4 Å². The predicted molar refractivity (Wildman–Crippen MR) is 87.2 cm³/mol. The van der Waals surface area contributed by atoms with Gasteiger partial charge in [0.2, 0.25) is 10.0 Å². The lowest BCUT2D eigenvalue weighted by Crippen LogP contribution is -2.13. The molecule has 0 saturated carbocycles. The van der Waals surface area contributed by atoms with Crippen molar-refractivity contribution in [1.29, 1.82) is 0 Å². The molecule has 0 spiro atoms. The van der Waals surface area contributed by atoms with Gasteiger partial charge in [-0.15, -0.1) is 0 Å². The maximum Gasteiger partial charge on any atom is 0.337 e. The number of rotatable bonds is 4. The maximum atomic E-state index is 11.3. The van der Waals surface area contributed by atoms with Crippen molar-refractivity contribution in [2.24, 2.45) is 5.14 Å². The highest BCUT2D eigenvalue weighted by Crippen LogP contribution is 2.24. The zero-order valence-electron chi connectivity index (χ0n) is 10.6. The summed E-state index contributed by atoms with van der Waals surface area (Å²) in [6.07, 6.45) is 0. The van der Waals surface area contributed by atoms with Crippen molar-refractivity contribution in [1.82, 2.24) is 0 Å². The monoisotopic (exact) mass is 418 g/mol. The molecule has 0 saturated heterocycles. The fourth-order valence-corrected chi connectivity index (χ4v) is 2.57. The highest BCUT2D eigenvalue weighted by Gasteiger charge is 2.16. The summed E-state index contributed by atoms with van der Waals surface area (Å²) in [7, 11) is -3.95. The second kappa shape index (κ2) is 6.00. The molecule has 0 unspecified atom stereocenters. The molecule has 110 valence electrons. The predicted octanol–water partition coefficient (Wildman–Crippen LogP) is 2.38. The molecule has 0 fully saturated rings. The van der Waals surface area contributed by atoms with Gasteiger partial charge in [-0.05, 0) is 65.1 Å². The number of primary sulfonamides is 1. The van der Waals surface area contributed by atoms with Crippen LogP contribution < -0.4 is 10.5 Å². The van der Waals surface area contributed by atoms with E-state index in [2.05, 4.69) is 27.9 Å². The molecule has 8 heteroatoms. The Kier molecular flexibility index (Phi) is 4.49. The number of sulfonamides is 1. The van der Waals surface area contributed by atoms with Crippen LogP contribution in [0.25, 0.3) is 0 Å². The zero-order chi connectivity index (χ0) is 15.6. The number of hydrogen-bond acceptors (Lipinski definition) is 4. The Morgan fingerprint density at radius 1 is 1.14 bits per heavy atom. The Morgan fingerprint density at radius 3 is 2.29 bits per heavy atom. The highest BCUT2D eigenvalue weighted by molar-refractivity contribution is 14.1. The fraction of sp³-hybridized carbons (Fsp3) is 0. The summed E-state index contributed by atoms with van der Waals surface area (Å²) in [5, 5.41) is 17.1. The number of hydrogen-bond donors (Lipinski definition) is 3. The van der Waals surface area contributed by atoms with E-state index in [1.165, 1.54) is 12.1 Å². The van der Waals surface area contributed by atoms with Crippen molar-refractivity contribution >= 4 is 50.0 Å². The molecule has 0 radical (unpaired) electrons. The van der Waals surface area contributed by atoms with Gasteiger partial charge in [-0.2, -0.15) is 0 Å². The van der Waals surface area contributed by atoms with E-state index in [1.807, 2.05) is 12.1 Å². The minimum atomic E-state index is -3.95. The van der Waals surface area contributed by atoms with Gasteiger partial charge < -0.3 is 10.4 Å². The van der Waals surface area contributed by atoms with Crippen LogP contribution in [0.3, 0.4) is 0 Å². The van der Waals surface area contributed by atoms with Gasteiger partial charge in [0.05, 0.1) is 16.1 Å². The smallest absolute Gasteiger partial charge is 0.337 e. The SMILES string of the molecule is NS(=O)(=O)c1ccc(Nc2ccc(I)cc2)c(C(=O)O)c1. The molecule has 0 aromatic heterocycles. The molecule has 6 nitrogen and oxygen atoms in total. The molecule has 0 aliphatic heterocycles. The first kappa shape index (κ1) is 15.7. The summed E-state index contributed by atoms with van der Waals surface area (Å²) in [4.78, 5) is 11.0. The molecular weight excluding hydrogens is 407 g/mol. The second-order valence-corrected chi connectivity index (χ2v) is 7.00. The summed E-state index contributed by atoms with van der Waals surface area (Å²) in [6.45, 7) is 0. The molecule has 0 bridgehead atoms. The van der Waals surface area contributed by atoms with E-state index in [0.29, 0.717) is 5.69 Å². The van der Waals surface area contributed by atoms with Gasteiger partial charge in [-0.25, -0.2) is 18.4 Å². The lowest BCUT2D eigenvalue weighted by atomic mass is 10.1. The number of halogens is 1. The van der Waals surface area contributed by atoms with Crippen LogP contribution in [0.15, 0.2) is 47.4 Å². The summed E-state index contributed by atoms with van der Waals surface area (Å²) < 4.78 is 23.6. The highest BCUT2D eigenvalue weighted by atomic mass is 127. The Bertz CT molecular complexity index is 788. The van der Waals surface area contributed by atoms with Crippen molar-refractivity contribution in [2.75, 3.05) is 5.32 Å². The number of nitrogens with one attached hydrogen (secondary N) is 1. The third kappa shape index (κ3) is 3.93. The van der Waals surface area contributed by atoms with E-state index in [1.54, 1.807) is 12.1 Å². The zero-order valence-corrected chi connectivity index (χ0v) is 13.6. The first-order valence-electron chi connectivity index (χ1n) is 5.70. The molecule has 21 heavy (non-hydrogen) atoms. The van der Waals surface area contributed by atoms with E-state index in [0.717, 1.165) is 9.64 Å². The van der Waals surface area contributed by atoms with Crippen LogP contribution in [0.1, 0.15) is 10.4 Å². The summed E-state index contributed by atoms with van der Waals surface area (Å²) in [6, 6.07) is 11.0. The quantitative estimate of drug-likeness (QED) is 0.661. The normalized spacial score (nSPS) is 11.1. The molecule has 0 atom stereocenters. The second-order valence-electron chi connectivity index (χ2n) is 4.19. The molecule has 2 aromatic rings. The fourth-order valence-electron chi connectivity index (χ4n) is 1.68. The van der Waals surface area contributed by atoms with Crippen LogP contribution in [-0.2, 0) is 10.0 Å². The third-order valence-corrected chi connectivity index (χ3v) is 4.30. The van der Waals surface area contributed by atoms with Crippen molar-refractivity contribution in [3.05, 3.63) is 51.6 Å². The largest absolute Gasteiger partial charge is 0.478 e. The van der Waals surface area contributed by atoms with E-state index in [9.17, 15) is 18.3 Å². The van der Waals surface area contributed by atoms with E-state index < -0.39 is 16.0 Å². The summed E-state index contributed by atoms with van der Waals surface area (Å²) in [5.74, 6) is -1.24. The molecule has 0 amide bonds. The Hall–Kier alpha value is -1.65. The van der Waals surface area contributed by atoms with Gasteiger partial charge in [0, 0.05) is 9.26 Å². The first-order chi connectivity index (χ1) is 9.77. The molecule has 0 heterocycles. The van der Waals surface area contributed by atoms with Crippen molar-refractivity contribution < 1.29 is 18.3 Å². The van der Waals surface area contributed by atoms with E-state index >= 15 is 0 Å². The third-order valence-electron chi connectivity index (χ3n) is 2.67. The van der Waals surface area contributed by atoms with Gasteiger partial charge in [-0.1, -0.05) is 0 Å². The number of anilines is 2. The number of benzene rings is 2. The number of carboxylic acid groups (broad SMARTS) is 1. The topological polar surface area (TPSA) is 109 Å². The van der Waals surface area contributed by atoms with Crippen LogP contribution in [-0.4, -0.2) is 19.5 Å². The van der Waals surface area contributed by atoms with Crippen molar-refractivity contribution in [2.45, 2.75) is 4.90 Å². The molecule has 0 aliphatic carbocycles. The Morgan fingerprint density at radius 2 is 1.76 bits per heavy atom. The van der Waals surface area contributed by atoms with Crippen molar-refractivity contribution in [3.63, 3.8) is 0 Å². The maximum absolute atomic E-state index is 11.3. The van der Waals surface area contributed by atoms with Gasteiger partial charge in [0.25, 0.3) is 0 Å². The number of carbonyl (C=O) groups is 1. The Labute approximate surface area is 135 Å². The molecule has 0 aliphatic rings. The van der Waals surface area contributed by atoms with Crippen molar-refractivity contribution in [3.8, 4) is 0 Å². The average Bonchev–Trinajstić information content (AvgIpc) is 2.40. The van der Waals surface area contributed by atoms with Gasteiger partial charge in [0.15, 0.2) is 0 Å². The lowest BCUT2D eigenvalue weighted by molar-refractivity contribution is 0.0697. The summed E-state index contributed by atoms with van der Waals surface area (Å²) in [5.41, 5.74) is 0.817. The van der Waals surface area contributed by atoms with E-state index in [-0.39, 0.29) is 16.1 Å². The molecule has 2 rings (SSSR count).